The summed E-state index contributed by atoms with van der Waals surface area (Å²) in [6.45, 7) is 9.57. The molecule has 5 aliphatic rings. The lowest BCUT2D eigenvalue weighted by Crippen LogP contribution is -2.65. The standard InChI is InChI=1S/C27H46N4O2/c1-21(32)31-20-22-8-6-16-30-17-7-9-24(27(22)30)25(31)10-5-11-26(33)29-18-12-23(13-19-29)28-14-3-2-4-15-28/h22-25,27H,2-20H2,1H3. The Morgan fingerprint density at radius 2 is 1.48 bits per heavy atom. The molecule has 6 nitrogen and oxygen atoms in total. The highest BCUT2D eigenvalue weighted by Gasteiger charge is 2.48. The fraction of sp³-hybridized carbons (Fsp3) is 0.926. The number of hydrogen-bond acceptors (Lipinski definition) is 4. The Bertz CT molecular complexity index is 684. The predicted molar refractivity (Wildman–Crippen MR) is 131 cm³/mol. The van der Waals surface area contributed by atoms with Crippen LogP contribution in [0.5, 0.6) is 0 Å². The summed E-state index contributed by atoms with van der Waals surface area (Å²) in [5, 5.41) is 0. The molecule has 0 aromatic carbocycles. The van der Waals surface area contributed by atoms with Crippen LogP contribution in [0.3, 0.4) is 0 Å². The summed E-state index contributed by atoms with van der Waals surface area (Å²) in [5.74, 6) is 1.86. The van der Waals surface area contributed by atoms with Gasteiger partial charge >= 0.3 is 0 Å². The minimum Gasteiger partial charge on any atom is -0.343 e. The van der Waals surface area contributed by atoms with Crippen molar-refractivity contribution in [3.05, 3.63) is 0 Å². The van der Waals surface area contributed by atoms with Gasteiger partial charge in [-0.05, 0) is 102 Å². The number of carbonyl (C=O) groups excluding carboxylic acids is 2. The lowest BCUT2D eigenvalue weighted by molar-refractivity contribution is -0.144. The molecule has 4 atom stereocenters. The molecule has 5 saturated heterocycles. The highest BCUT2D eigenvalue weighted by Crippen LogP contribution is 2.43. The first-order chi connectivity index (χ1) is 16.1. The summed E-state index contributed by atoms with van der Waals surface area (Å²) in [5.41, 5.74) is 0. The molecule has 6 heteroatoms. The fourth-order valence-corrected chi connectivity index (χ4v) is 8.11. The first kappa shape index (κ1) is 23.6. The van der Waals surface area contributed by atoms with Crippen molar-refractivity contribution in [2.45, 2.75) is 102 Å². The van der Waals surface area contributed by atoms with E-state index in [1.54, 1.807) is 6.92 Å². The van der Waals surface area contributed by atoms with E-state index < -0.39 is 0 Å². The van der Waals surface area contributed by atoms with E-state index in [1.807, 2.05) is 0 Å². The molecular weight excluding hydrogens is 412 g/mol. The van der Waals surface area contributed by atoms with Gasteiger partial charge in [0.2, 0.25) is 11.8 Å². The zero-order valence-electron chi connectivity index (χ0n) is 20.9. The number of piperidine rings is 5. The van der Waals surface area contributed by atoms with Gasteiger partial charge in [-0.15, -0.1) is 0 Å². The number of nitrogens with zero attached hydrogens (tertiary/aromatic N) is 4. The molecule has 33 heavy (non-hydrogen) atoms. The maximum atomic E-state index is 13.0. The molecule has 0 aliphatic carbocycles. The molecule has 0 aromatic heterocycles. The van der Waals surface area contributed by atoms with Crippen molar-refractivity contribution < 1.29 is 9.59 Å². The van der Waals surface area contributed by atoms with Gasteiger partial charge < -0.3 is 14.7 Å². The lowest BCUT2D eigenvalue weighted by atomic mass is 9.69. The first-order valence-corrected chi connectivity index (χ1v) is 14.1. The highest BCUT2D eigenvalue weighted by molar-refractivity contribution is 5.76. The Hall–Kier alpha value is -1.14. The van der Waals surface area contributed by atoms with Crippen LogP contribution in [0, 0.1) is 11.8 Å². The van der Waals surface area contributed by atoms with Gasteiger partial charge in [0.1, 0.15) is 0 Å². The summed E-state index contributed by atoms with van der Waals surface area (Å²) in [7, 11) is 0. The van der Waals surface area contributed by atoms with Gasteiger partial charge in [-0.25, -0.2) is 0 Å². The Kier molecular flexibility index (Phi) is 7.61. The maximum absolute atomic E-state index is 13.0. The van der Waals surface area contributed by atoms with Gasteiger partial charge in [0.05, 0.1) is 0 Å². The van der Waals surface area contributed by atoms with Crippen molar-refractivity contribution in [1.29, 1.82) is 0 Å². The molecule has 186 valence electrons. The molecular formula is C27H46N4O2. The highest BCUT2D eigenvalue weighted by atomic mass is 16.2. The van der Waals surface area contributed by atoms with Gasteiger partial charge in [-0.1, -0.05) is 6.42 Å². The summed E-state index contributed by atoms with van der Waals surface area (Å²) in [6.07, 6.45) is 14.0. The van der Waals surface area contributed by atoms with E-state index in [2.05, 4.69) is 19.6 Å². The maximum Gasteiger partial charge on any atom is 0.222 e. The normalized spacial score (nSPS) is 34.2. The average Bonchev–Trinajstić information content (AvgIpc) is 2.86. The van der Waals surface area contributed by atoms with E-state index in [0.717, 1.165) is 45.3 Å². The Balaban J connectivity index is 1.12. The van der Waals surface area contributed by atoms with Crippen LogP contribution in [-0.4, -0.2) is 95.4 Å². The number of rotatable bonds is 5. The third-order valence-corrected chi connectivity index (χ3v) is 9.69. The molecule has 4 unspecified atom stereocenters. The first-order valence-electron chi connectivity index (χ1n) is 14.1. The van der Waals surface area contributed by atoms with Gasteiger partial charge in [0.25, 0.3) is 0 Å². The van der Waals surface area contributed by atoms with Crippen LogP contribution in [0.2, 0.25) is 0 Å². The van der Waals surface area contributed by atoms with Crippen molar-refractivity contribution in [1.82, 2.24) is 19.6 Å². The van der Waals surface area contributed by atoms with Gasteiger partial charge in [-0.3, -0.25) is 14.5 Å². The van der Waals surface area contributed by atoms with Gasteiger partial charge in [-0.2, -0.15) is 0 Å². The van der Waals surface area contributed by atoms with Gasteiger partial charge in [0, 0.05) is 51.1 Å². The third-order valence-electron chi connectivity index (χ3n) is 9.69. The topological polar surface area (TPSA) is 47.1 Å². The molecule has 5 heterocycles. The molecule has 0 saturated carbocycles. The molecule has 2 amide bonds. The second kappa shape index (κ2) is 10.6. The van der Waals surface area contributed by atoms with Crippen LogP contribution in [0.1, 0.15) is 84.0 Å². The summed E-state index contributed by atoms with van der Waals surface area (Å²) in [4.78, 5) is 35.3. The zero-order valence-corrected chi connectivity index (χ0v) is 20.9. The van der Waals surface area contributed by atoms with Crippen LogP contribution in [-0.2, 0) is 9.59 Å². The summed E-state index contributed by atoms with van der Waals surface area (Å²) < 4.78 is 0. The van der Waals surface area contributed by atoms with E-state index in [4.69, 9.17) is 0 Å². The van der Waals surface area contributed by atoms with Gasteiger partial charge in [0.15, 0.2) is 0 Å². The predicted octanol–water partition coefficient (Wildman–Crippen LogP) is 3.35. The van der Waals surface area contributed by atoms with E-state index in [1.165, 1.54) is 71.1 Å². The lowest BCUT2D eigenvalue weighted by Gasteiger charge is -2.57. The van der Waals surface area contributed by atoms with Crippen molar-refractivity contribution in [2.24, 2.45) is 11.8 Å². The SMILES string of the molecule is CC(=O)N1CC2CCCN3CCCC(C23)C1CCCC(=O)N1CCC(N2CCCCC2)CC1. The molecule has 0 radical (unpaired) electrons. The van der Waals surface area contributed by atoms with Crippen molar-refractivity contribution in [3.63, 3.8) is 0 Å². The molecule has 0 bridgehead atoms. The number of likely N-dealkylation sites (tertiary alicyclic amines) is 3. The van der Waals surface area contributed by atoms with Crippen molar-refractivity contribution in [2.75, 3.05) is 45.8 Å². The Morgan fingerprint density at radius 3 is 2.21 bits per heavy atom. The van der Waals surface area contributed by atoms with E-state index in [9.17, 15) is 9.59 Å². The van der Waals surface area contributed by atoms with E-state index in [0.29, 0.717) is 42.3 Å². The number of carbonyl (C=O) groups is 2. The van der Waals surface area contributed by atoms with Crippen molar-refractivity contribution in [3.8, 4) is 0 Å². The molecule has 0 aromatic rings. The second-order valence-electron chi connectivity index (χ2n) is 11.6. The Labute approximate surface area is 201 Å². The number of hydrogen-bond donors (Lipinski definition) is 0. The largest absolute Gasteiger partial charge is 0.343 e. The quantitative estimate of drug-likeness (QED) is 0.634. The number of amides is 2. The van der Waals surface area contributed by atoms with Crippen LogP contribution in [0.4, 0.5) is 0 Å². The van der Waals surface area contributed by atoms with Crippen molar-refractivity contribution >= 4 is 11.8 Å². The minimum absolute atomic E-state index is 0.243. The molecule has 5 fully saturated rings. The fourth-order valence-electron chi connectivity index (χ4n) is 8.11. The van der Waals surface area contributed by atoms with E-state index in [-0.39, 0.29) is 5.91 Å². The molecule has 0 N–H and O–H groups in total. The van der Waals surface area contributed by atoms with Crippen LogP contribution in [0.25, 0.3) is 0 Å². The third kappa shape index (κ3) is 5.12. The van der Waals surface area contributed by atoms with Crippen LogP contribution < -0.4 is 0 Å². The zero-order chi connectivity index (χ0) is 22.8. The Morgan fingerprint density at radius 1 is 0.788 bits per heavy atom. The monoisotopic (exact) mass is 458 g/mol. The summed E-state index contributed by atoms with van der Waals surface area (Å²) >= 11 is 0. The second-order valence-corrected chi connectivity index (χ2v) is 11.6. The molecule has 0 spiro atoms. The molecule has 5 aliphatic heterocycles. The average molecular weight is 459 g/mol. The van der Waals surface area contributed by atoms with E-state index >= 15 is 0 Å². The van der Waals surface area contributed by atoms with Crippen LogP contribution in [0.15, 0.2) is 0 Å². The van der Waals surface area contributed by atoms with Crippen LogP contribution >= 0.6 is 0 Å². The smallest absolute Gasteiger partial charge is 0.222 e. The minimum atomic E-state index is 0.243. The summed E-state index contributed by atoms with van der Waals surface area (Å²) in [6, 6.07) is 1.71. The molecule has 5 rings (SSSR count).